The van der Waals surface area contributed by atoms with Crippen LogP contribution in [0.5, 0.6) is 5.75 Å². The summed E-state index contributed by atoms with van der Waals surface area (Å²) < 4.78 is 5.32. The van der Waals surface area contributed by atoms with Gasteiger partial charge in [0.2, 0.25) is 0 Å². The van der Waals surface area contributed by atoms with Gasteiger partial charge >= 0.3 is 0 Å². The fourth-order valence-corrected chi connectivity index (χ4v) is 1.58. The van der Waals surface area contributed by atoms with E-state index in [0.717, 1.165) is 31.8 Å². The Kier molecular flexibility index (Phi) is 14.0. The molecule has 1 aromatic rings. The van der Waals surface area contributed by atoms with Crippen LogP contribution in [0, 0.1) is 12.3 Å². The van der Waals surface area contributed by atoms with Crippen LogP contribution in [0.1, 0.15) is 12.0 Å². The van der Waals surface area contributed by atoms with Crippen molar-refractivity contribution in [3.63, 3.8) is 0 Å². The Bertz CT molecular complexity index is 374. The van der Waals surface area contributed by atoms with Gasteiger partial charge < -0.3 is 15.0 Å². The van der Waals surface area contributed by atoms with Crippen molar-refractivity contribution in [1.29, 1.82) is 0 Å². The van der Waals surface area contributed by atoms with Crippen LogP contribution in [-0.2, 0) is 6.54 Å². The molecule has 0 aliphatic heterocycles. The van der Waals surface area contributed by atoms with Crippen molar-refractivity contribution >= 4 is 24.8 Å². The Balaban J connectivity index is 0. The molecule has 0 aromatic heterocycles. The van der Waals surface area contributed by atoms with Gasteiger partial charge in [0.1, 0.15) is 12.4 Å². The van der Waals surface area contributed by atoms with Gasteiger partial charge in [-0.2, -0.15) is 0 Å². The van der Waals surface area contributed by atoms with Gasteiger partial charge in [-0.3, -0.25) is 0 Å². The van der Waals surface area contributed by atoms with Crippen molar-refractivity contribution in [3.05, 3.63) is 29.8 Å². The van der Waals surface area contributed by atoms with Crippen LogP contribution in [0.2, 0.25) is 0 Å². The molecule has 0 aliphatic rings. The predicted octanol–water partition coefficient (Wildman–Crippen LogP) is 2.58. The van der Waals surface area contributed by atoms with Crippen molar-refractivity contribution in [2.75, 3.05) is 33.8 Å². The number of nitrogens with one attached hydrogen (secondary N) is 1. The molecule has 0 aliphatic carbocycles. The number of hydrogen-bond acceptors (Lipinski definition) is 3. The summed E-state index contributed by atoms with van der Waals surface area (Å²) in [5.74, 6) is 3.27. The zero-order valence-corrected chi connectivity index (χ0v) is 13.7. The molecule has 5 heteroatoms. The van der Waals surface area contributed by atoms with E-state index >= 15 is 0 Å². The maximum absolute atomic E-state index is 5.32. The van der Waals surface area contributed by atoms with Crippen LogP contribution >= 0.6 is 24.8 Å². The lowest BCUT2D eigenvalue weighted by atomic mass is 10.2. The molecule has 114 valence electrons. The number of ether oxygens (including phenoxy) is 1. The van der Waals surface area contributed by atoms with E-state index in [4.69, 9.17) is 11.2 Å². The monoisotopic (exact) mass is 318 g/mol. The fourth-order valence-electron chi connectivity index (χ4n) is 1.58. The SMILES string of the molecule is C#CCOc1ccc(CNCCCN(C)C)cc1.Cl.Cl. The third kappa shape index (κ3) is 9.94. The number of halogens is 2. The van der Waals surface area contributed by atoms with E-state index in [1.54, 1.807) is 0 Å². The Hall–Kier alpha value is -0.920. The Morgan fingerprint density at radius 1 is 1.20 bits per heavy atom. The van der Waals surface area contributed by atoms with Crippen LogP contribution in [0.25, 0.3) is 0 Å². The highest BCUT2D eigenvalue weighted by Crippen LogP contribution is 2.11. The van der Waals surface area contributed by atoms with Crippen molar-refractivity contribution < 1.29 is 4.74 Å². The molecule has 0 spiro atoms. The molecule has 0 saturated carbocycles. The van der Waals surface area contributed by atoms with E-state index in [9.17, 15) is 0 Å². The summed E-state index contributed by atoms with van der Waals surface area (Å²) in [4.78, 5) is 2.19. The van der Waals surface area contributed by atoms with E-state index in [1.807, 2.05) is 12.1 Å². The summed E-state index contributed by atoms with van der Waals surface area (Å²) in [5.41, 5.74) is 1.26. The van der Waals surface area contributed by atoms with Crippen LogP contribution in [0.3, 0.4) is 0 Å². The molecule has 0 radical (unpaired) electrons. The van der Waals surface area contributed by atoms with Gasteiger partial charge in [-0.15, -0.1) is 31.2 Å². The maximum Gasteiger partial charge on any atom is 0.148 e. The molecule has 3 nitrogen and oxygen atoms in total. The van der Waals surface area contributed by atoms with Gasteiger partial charge in [-0.05, 0) is 51.3 Å². The molecule has 1 N–H and O–H groups in total. The lowest BCUT2D eigenvalue weighted by Gasteiger charge is -2.10. The van der Waals surface area contributed by atoms with E-state index < -0.39 is 0 Å². The zero-order chi connectivity index (χ0) is 13.2. The second-order valence-corrected chi connectivity index (χ2v) is 4.47. The Morgan fingerprint density at radius 3 is 2.40 bits per heavy atom. The van der Waals surface area contributed by atoms with Gasteiger partial charge in [0.25, 0.3) is 0 Å². The van der Waals surface area contributed by atoms with Crippen molar-refractivity contribution in [3.8, 4) is 18.1 Å². The van der Waals surface area contributed by atoms with E-state index in [1.165, 1.54) is 5.56 Å². The van der Waals surface area contributed by atoms with Gasteiger partial charge in [-0.25, -0.2) is 0 Å². The van der Waals surface area contributed by atoms with Crippen LogP contribution in [0.15, 0.2) is 24.3 Å². The van der Waals surface area contributed by atoms with E-state index in [0.29, 0.717) is 6.61 Å². The molecular weight excluding hydrogens is 295 g/mol. The number of benzene rings is 1. The molecule has 0 amide bonds. The summed E-state index contributed by atoms with van der Waals surface area (Å²) in [7, 11) is 4.18. The summed E-state index contributed by atoms with van der Waals surface area (Å²) in [6, 6.07) is 8.03. The number of nitrogens with zero attached hydrogens (tertiary/aromatic N) is 1. The minimum absolute atomic E-state index is 0. The first kappa shape index (κ1) is 21.4. The van der Waals surface area contributed by atoms with Crippen molar-refractivity contribution in [2.45, 2.75) is 13.0 Å². The molecule has 0 bridgehead atoms. The normalized spacial score (nSPS) is 9.30. The fraction of sp³-hybridized carbons (Fsp3) is 0.467. The highest BCUT2D eigenvalue weighted by molar-refractivity contribution is 5.85. The second-order valence-electron chi connectivity index (χ2n) is 4.47. The third-order valence-electron chi connectivity index (χ3n) is 2.53. The molecule has 1 aromatic carbocycles. The molecule has 0 unspecified atom stereocenters. The first-order valence-electron chi connectivity index (χ1n) is 6.23. The quantitative estimate of drug-likeness (QED) is 0.589. The van der Waals surface area contributed by atoms with Gasteiger partial charge in [-0.1, -0.05) is 18.1 Å². The van der Waals surface area contributed by atoms with E-state index in [-0.39, 0.29) is 24.8 Å². The number of rotatable bonds is 8. The van der Waals surface area contributed by atoms with Crippen molar-refractivity contribution in [1.82, 2.24) is 10.2 Å². The van der Waals surface area contributed by atoms with Gasteiger partial charge in [0, 0.05) is 6.54 Å². The van der Waals surface area contributed by atoms with Crippen molar-refractivity contribution in [2.24, 2.45) is 0 Å². The van der Waals surface area contributed by atoms with Crippen LogP contribution in [0.4, 0.5) is 0 Å². The van der Waals surface area contributed by atoms with Crippen LogP contribution < -0.4 is 10.1 Å². The standard InChI is InChI=1S/C15H22N2O.2ClH/c1-4-12-18-15-8-6-14(7-9-15)13-16-10-5-11-17(2)3;;/h1,6-9,16H,5,10-13H2,2-3H3;2*1H. The largest absolute Gasteiger partial charge is 0.481 e. The molecule has 0 fully saturated rings. The highest BCUT2D eigenvalue weighted by atomic mass is 35.5. The van der Waals surface area contributed by atoms with Gasteiger partial charge in [0.15, 0.2) is 0 Å². The topological polar surface area (TPSA) is 24.5 Å². The second kappa shape index (κ2) is 13.1. The summed E-state index contributed by atoms with van der Waals surface area (Å²) in [6.07, 6.45) is 6.30. The van der Waals surface area contributed by atoms with Crippen LogP contribution in [-0.4, -0.2) is 38.7 Å². The molecule has 1 rings (SSSR count). The van der Waals surface area contributed by atoms with Gasteiger partial charge in [0.05, 0.1) is 0 Å². The third-order valence-corrected chi connectivity index (χ3v) is 2.53. The maximum atomic E-state index is 5.32. The minimum Gasteiger partial charge on any atom is -0.481 e. The lowest BCUT2D eigenvalue weighted by molar-refractivity contribution is 0.370. The summed E-state index contributed by atoms with van der Waals surface area (Å²) >= 11 is 0. The summed E-state index contributed by atoms with van der Waals surface area (Å²) in [6.45, 7) is 3.37. The highest BCUT2D eigenvalue weighted by Gasteiger charge is 1.95. The average Bonchev–Trinajstić information content (AvgIpc) is 2.37. The lowest BCUT2D eigenvalue weighted by Crippen LogP contribution is -2.20. The number of hydrogen-bond donors (Lipinski definition) is 1. The first-order valence-corrected chi connectivity index (χ1v) is 6.23. The minimum atomic E-state index is 0. The molecular formula is C15H24Cl2N2O. The summed E-state index contributed by atoms with van der Waals surface area (Å²) in [5, 5.41) is 3.42. The number of terminal acetylenes is 1. The predicted molar refractivity (Wildman–Crippen MR) is 90.1 cm³/mol. The molecule has 20 heavy (non-hydrogen) atoms. The smallest absolute Gasteiger partial charge is 0.148 e. The molecule has 0 heterocycles. The average molecular weight is 319 g/mol. The molecule has 0 atom stereocenters. The first-order chi connectivity index (χ1) is 8.72. The van der Waals surface area contributed by atoms with E-state index in [2.05, 4.69) is 42.4 Å². The molecule has 0 saturated heterocycles. The Labute approximate surface area is 134 Å². The Morgan fingerprint density at radius 2 is 1.85 bits per heavy atom. The zero-order valence-electron chi connectivity index (χ0n) is 12.1.